The molecule has 47 heavy (non-hydrogen) atoms. The van der Waals surface area contributed by atoms with Crippen LogP contribution in [0, 0.1) is 11.3 Å². The standard InChI is InChI=1S/C35H39ClN8O3/c1-34(2,3)19-35(26-9-6-23(7-10-26)25-16-39-42(17-25)27-11-12-27)32(46)44(33(37)41-35)30(18-47-31(45)14-22-4-5-22)24-8-13-28(36)29(15-24)43-21-38-20-40-43/h6-10,13,15-17,20-22,27,30H,4-5,11-12,14,18-19H2,1-3H3,(H2,37,41)/t30?,35-/m1/s1. The highest BCUT2D eigenvalue weighted by molar-refractivity contribution is 6.32. The molecule has 7 rings (SSSR count). The van der Waals surface area contributed by atoms with Gasteiger partial charge in [0.05, 0.1) is 29.0 Å². The van der Waals surface area contributed by atoms with E-state index in [9.17, 15) is 9.59 Å². The molecule has 0 bridgehead atoms. The van der Waals surface area contributed by atoms with Crippen molar-refractivity contribution in [2.75, 3.05) is 6.61 Å². The van der Waals surface area contributed by atoms with E-state index in [1.54, 1.807) is 17.1 Å². The highest BCUT2D eigenvalue weighted by Crippen LogP contribution is 2.45. The number of aliphatic imine (C=N–C) groups is 1. The summed E-state index contributed by atoms with van der Waals surface area (Å²) < 4.78 is 9.39. The maximum Gasteiger partial charge on any atom is 0.306 e. The third-order valence-electron chi connectivity index (χ3n) is 9.02. The van der Waals surface area contributed by atoms with E-state index in [1.165, 1.54) is 11.2 Å². The topological polar surface area (TPSA) is 134 Å². The average Bonchev–Trinajstić information content (AvgIpc) is 3.91. The van der Waals surface area contributed by atoms with Crippen molar-refractivity contribution >= 4 is 29.4 Å². The zero-order valence-electron chi connectivity index (χ0n) is 26.8. The van der Waals surface area contributed by atoms with Crippen molar-refractivity contribution in [2.24, 2.45) is 22.1 Å². The van der Waals surface area contributed by atoms with Gasteiger partial charge in [-0.3, -0.25) is 19.2 Å². The maximum absolute atomic E-state index is 14.9. The molecule has 3 aliphatic rings. The summed E-state index contributed by atoms with van der Waals surface area (Å²) in [7, 11) is 0. The molecule has 2 N–H and O–H groups in total. The average molecular weight is 655 g/mol. The smallest absolute Gasteiger partial charge is 0.306 e. The van der Waals surface area contributed by atoms with E-state index < -0.39 is 11.6 Å². The third kappa shape index (κ3) is 6.41. The molecule has 12 heteroatoms. The van der Waals surface area contributed by atoms with Crippen molar-refractivity contribution in [2.45, 2.75) is 76.9 Å². The van der Waals surface area contributed by atoms with Crippen molar-refractivity contribution in [3.05, 3.63) is 83.7 Å². The lowest BCUT2D eigenvalue weighted by Crippen LogP contribution is -2.47. The summed E-state index contributed by atoms with van der Waals surface area (Å²) in [4.78, 5) is 38.2. The number of guanidine groups is 1. The molecule has 1 amide bonds. The lowest BCUT2D eigenvalue weighted by Gasteiger charge is -2.35. The maximum atomic E-state index is 14.9. The number of nitrogens with zero attached hydrogens (tertiary/aromatic N) is 7. The molecule has 11 nitrogen and oxygen atoms in total. The van der Waals surface area contributed by atoms with Crippen molar-refractivity contribution in [3.8, 4) is 16.8 Å². The summed E-state index contributed by atoms with van der Waals surface area (Å²) in [5, 5.41) is 9.22. The normalized spacial score (nSPS) is 20.4. The van der Waals surface area contributed by atoms with Gasteiger partial charge in [-0.25, -0.2) is 14.7 Å². The number of esters is 1. The molecule has 0 spiro atoms. The van der Waals surface area contributed by atoms with E-state index in [1.807, 2.05) is 47.3 Å². The minimum atomic E-state index is -1.28. The Kier molecular flexibility index (Phi) is 7.90. The predicted molar refractivity (Wildman–Crippen MR) is 178 cm³/mol. The zero-order valence-corrected chi connectivity index (χ0v) is 27.6. The van der Waals surface area contributed by atoms with Crippen molar-refractivity contribution in [1.29, 1.82) is 0 Å². The minimum Gasteiger partial charge on any atom is -0.463 e. The molecule has 0 radical (unpaired) electrons. The Morgan fingerprint density at radius 2 is 1.85 bits per heavy atom. The second-order valence-corrected chi connectivity index (χ2v) is 14.6. The van der Waals surface area contributed by atoms with Crippen LogP contribution < -0.4 is 5.73 Å². The highest BCUT2D eigenvalue weighted by atomic mass is 35.5. The summed E-state index contributed by atoms with van der Waals surface area (Å²) in [6.45, 7) is 6.15. The molecule has 2 aromatic carbocycles. The number of carbonyl (C=O) groups is 2. The summed E-state index contributed by atoms with van der Waals surface area (Å²) in [6.07, 6.45) is 12.1. The number of hydrogen-bond acceptors (Lipinski definition) is 8. The number of carbonyl (C=O) groups excluding carboxylic acids is 2. The first kappa shape index (κ1) is 31.1. The lowest BCUT2D eigenvalue weighted by atomic mass is 9.75. The number of amides is 1. The molecule has 2 fully saturated rings. The first-order valence-electron chi connectivity index (χ1n) is 16.1. The molecule has 0 saturated heterocycles. The van der Waals surface area contributed by atoms with Gasteiger partial charge >= 0.3 is 5.97 Å². The van der Waals surface area contributed by atoms with Gasteiger partial charge in [-0.15, -0.1) is 0 Å². The summed E-state index contributed by atoms with van der Waals surface area (Å²) >= 11 is 6.57. The highest BCUT2D eigenvalue weighted by Gasteiger charge is 2.53. The van der Waals surface area contributed by atoms with Crippen molar-refractivity contribution in [1.82, 2.24) is 29.4 Å². The van der Waals surface area contributed by atoms with Crippen LogP contribution in [-0.2, 0) is 19.9 Å². The molecule has 2 aliphatic carbocycles. The first-order valence-corrected chi connectivity index (χ1v) is 16.5. The summed E-state index contributed by atoms with van der Waals surface area (Å²) in [5.74, 6) is -0.151. The Labute approximate surface area is 278 Å². The number of ether oxygens (including phenoxy) is 1. The number of halogens is 1. The minimum absolute atomic E-state index is 0.0644. The second-order valence-electron chi connectivity index (χ2n) is 14.2. The molecule has 4 aromatic rings. The molecule has 2 atom stereocenters. The number of aromatic nitrogens is 5. The molecular weight excluding hydrogens is 616 g/mol. The van der Waals surface area contributed by atoms with Crippen LogP contribution in [0.5, 0.6) is 0 Å². The van der Waals surface area contributed by atoms with E-state index in [2.05, 4.69) is 42.1 Å². The number of benzene rings is 2. The van der Waals surface area contributed by atoms with Crippen LogP contribution in [0.1, 0.15) is 82.5 Å². The van der Waals surface area contributed by atoms with Gasteiger partial charge in [-0.1, -0.05) is 62.7 Å². The van der Waals surface area contributed by atoms with E-state index in [4.69, 9.17) is 27.1 Å². The molecular formula is C35H39ClN8O3. The predicted octanol–water partition coefficient (Wildman–Crippen LogP) is 5.99. The quantitative estimate of drug-likeness (QED) is 0.196. The van der Waals surface area contributed by atoms with Crippen LogP contribution in [0.2, 0.25) is 5.02 Å². The van der Waals surface area contributed by atoms with Gasteiger partial charge < -0.3 is 10.5 Å². The number of hydrogen-bond donors (Lipinski definition) is 1. The molecule has 2 saturated carbocycles. The van der Waals surface area contributed by atoms with Crippen molar-refractivity contribution < 1.29 is 14.3 Å². The van der Waals surface area contributed by atoms with Gasteiger partial charge in [0.25, 0.3) is 5.91 Å². The van der Waals surface area contributed by atoms with E-state index in [-0.39, 0.29) is 29.9 Å². The van der Waals surface area contributed by atoms with Crippen LogP contribution in [0.15, 0.2) is 72.5 Å². The Morgan fingerprint density at radius 3 is 2.51 bits per heavy atom. The van der Waals surface area contributed by atoms with E-state index in [0.717, 1.165) is 42.4 Å². The van der Waals surface area contributed by atoms with Crippen LogP contribution >= 0.6 is 11.6 Å². The molecule has 1 unspecified atom stereocenters. The first-order chi connectivity index (χ1) is 22.5. The second kappa shape index (κ2) is 11.9. The largest absolute Gasteiger partial charge is 0.463 e. The fourth-order valence-electron chi connectivity index (χ4n) is 6.39. The van der Waals surface area contributed by atoms with Crippen molar-refractivity contribution in [3.63, 3.8) is 0 Å². The number of nitrogens with two attached hydrogens (primary N) is 1. The van der Waals surface area contributed by atoms with E-state index in [0.29, 0.717) is 41.1 Å². The van der Waals surface area contributed by atoms with Crippen LogP contribution in [-0.4, -0.2) is 53.9 Å². The Balaban J connectivity index is 1.25. The van der Waals surface area contributed by atoms with Crippen LogP contribution in [0.4, 0.5) is 0 Å². The fourth-order valence-corrected chi connectivity index (χ4v) is 6.60. The van der Waals surface area contributed by atoms with Crippen LogP contribution in [0.3, 0.4) is 0 Å². The molecule has 3 heterocycles. The van der Waals surface area contributed by atoms with Gasteiger partial charge in [0, 0.05) is 18.2 Å². The van der Waals surface area contributed by atoms with Gasteiger partial charge in [0.1, 0.15) is 19.3 Å². The molecule has 2 aromatic heterocycles. The van der Waals surface area contributed by atoms with Gasteiger partial charge in [-0.05, 0) is 72.3 Å². The summed E-state index contributed by atoms with van der Waals surface area (Å²) in [5.41, 5.74) is 9.15. The van der Waals surface area contributed by atoms with E-state index >= 15 is 0 Å². The zero-order chi connectivity index (χ0) is 32.9. The molecule has 244 valence electrons. The Hall–Kier alpha value is -4.51. The Morgan fingerprint density at radius 1 is 1.09 bits per heavy atom. The molecule has 1 aliphatic heterocycles. The van der Waals surface area contributed by atoms with Gasteiger partial charge in [-0.2, -0.15) is 10.2 Å². The van der Waals surface area contributed by atoms with Gasteiger partial charge in [0.2, 0.25) is 0 Å². The SMILES string of the molecule is CC(C)(C)C[C@]1(c2ccc(-c3cnn(C4CC4)c3)cc2)N=C(N)N(C(COC(=O)CC2CC2)c2ccc(Cl)c(-n3cncn3)c2)C1=O. The van der Waals surface area contributed by atoms with Crippen LogP contribution in [0.25, 0.3) is 16.8 Å². The lowest BCUT2D eigenvalue weighted by molar-refractivity contribution is -0.148. The Bertz CT molecular complexity index is 1820. The third-order valence-corrected chi connectivity index (χ3v) is 9.34. The summed E-state index contributed by atoms with van der Waals surface area (Å²) in [6, 6.07) is 13.0. The monoisotopic (exact) mass is 654 g/mol. The van der Waals surface area contributed by atoms with Gasteiger partial charge in [0.15, 0.2) is 11.5 Å². The fraction of sp³-hybridized carbons (Fsp3) is 0.429. The number of rotatable bonds is 11.